The van der Waals surface area contributed by atoms with E-state index in [4.69, 9.17) is 10.3 Å². The SMILES string of the molecule is NNC(=O)c1occc1CN1Cc2ccccc2C1. The molecule has 0 spiro atoms. The highest BCUT2D eigenvalue weighted by Crippen LogP contribution is 2.25. The summed E-state index contributed by atoms with van der Waals surface area (Å²) in [5.41, 5.74) is 5.64. The fourth-order valence-electron chi connectivity index (χ4n) is 2.48. The molecule has 1 aromatic heterocycles. The Balaban J connectivity index is 1.75. The third kappa shape index (κ3) is 2.25. The van der Waals surface area contributed by atoms with Gasteiger partial charge in [0.2, 0.25) is 0 Å². The largest absolute Gasteiger partial charge is 0.459 e. The first-order valence-corrected chi connectivity index (χ1v) is 6.14. The molecular formula is C14H15N3O2. The van der Waals surface area contributed by atoms with Crippen LogP contribution in [0.25, 0.3) is 0 Å². The monoisotopic (exact) mass is 257 g/mol. The van der Waals surface area contributed by atoms with Crippen molar-refractivity contribution in [3.05, 3.63) is 59.0 Å². The minimum atomic E-state index is -0.392. The van der Waals surface area contributed by atoms with Gasteiger partial charge in [-0.25, -0.2) is 5.84 Å². The van der Waals surface area contributed by atoms with Crippen LogP contribution in [-0.4, -0.2) is 10.8 Å². The van der Waals surface area contributed by atoms with E-state index in [1.807, 2.05) is 18.2 Å². The van der Waals surface area contributed by atoms with Gasteiger partial charge in [-0.1, -0.05) is 24.3 Å². The Labute approximate surface area is 111 Å². The zero-order valence-electron chi connectivity index (χ0n) is 10.4. The normalized spacial score (nSPS) is 14.4. The second-order valence-corrected chi connectivity index (χ2v) is 4.66. The van der Waals surface area contributed by atoms with E-state index in [9.17, 15) is 4.79 Å². The van der Waals surface area contributed by atoms with Crippen molar-refractivity contribution >= 4 is 5.91 Å². The van der Waals surface area contributed by atoms with Crippen LogP contribution in [0.4, 0.5) is 0 Å². The summed E-state index contributed by atoms with van der Waals surface area (Å²) in [6.07, 6.45) is 1.52. The maximum atomic E-state index is 11.5. The molecule has 3 N–H and O–H groups in total. The number of nitrogens with zero attached hydrogens (tertiary/aromatic N) is 1. The predicted octanol–water partition coefficient (Wildman–Crippen LogP) is 1.40. The van der Waals surface area contributed by atoms with E-state index in [0.29, 0.717) is 12.3 Å². The standard InChI is InChI=1S/C14H15N3O2/c15-16-14(18)13-12(5-6-19-13)9-17-7-10-3-1-2-4-11(10)8-17/h1-6H,7-9,15H2,(H,16,18). The van der Waals surface area contributed by atoms with Gasteiger partial charge in [-0.15, -0.1) is 0 Å². The highest BCUT2D eigenvalue weighted by Gasteiger charge is 2.21. The van der Waals surface area contributed by atoms with Gasteiger partial charge in [-0.3, -0.25) is 15.1 Å². The summed E-state index contributed by atoms with van der Waals surface area (Å²) in [5, 5.41) is 0. The molecule has 2 heterocycles. The number of rotatable bonds is 3. The summed E-state index contributed by atoms with van der Waals surface area (Å²) in [7, 11) is 0. The zero-order valence-corrected chi connectivity index (χ0v) is 10.4. The summed E-state index contributed by atoms with van der Waals surface area (Å²) in [4.78, 5) is 13.8. The maximum Gasteiger partial charge on any atom is 0.301 e. The van der Waals surface area contributed by atoms with E-state index in [2.05, 4.69) is 22.5 Å². The first-order valence-electron chi connectivity index (χ1n) is 6.14. The van der Waals surface area contributed by atoms with Crippen LogP contribution >= 0.6 is 0 Å². The Morgan fingerprint density at radius 3 is 2.58 bits per heavy atom. The van der Waals surface area contributed by atoms with Crippen molar-refractivity contribution < 1.29 is 9.21 Å². The van der Waals surface area contributed by atoms with Crippen LogP contribution in [-0.2, 0) is 19.6 Å². The van der Waals surface area contributed by atoms with Crippen LogP contribution < -0.4 is 11.3 Å². The van der Waals surface area contributed by atoms with Crippen LogP contribution in [0.5, 0.6) is 0 Å². The molecule has 2 aromatic rings. The lowest BCUT2D eigenvalue weighted by atomic mass is 10.1. The average Bonchev–Trinajstić information content (AvgIpc) is 3.04. The lowest BCUT2D eigenvalue weighted by molar-refractivity contribution is 0.0923. The molecule has 5 heteroatoms. The van der Waals surface area contributed by atoms with Crippen LogP contribution in [0.15, 0.2) is 41.0 Å². The van der Waals surface area contributed by atoms with Gasteiger partial charge in [0.05, 0.1) is 6.26 Å². The first-order chi connectivity index (χ1) is 9.28. The number of nitrogens with two attached hydrogens (primary N) is 1. The second-order valence-electron chi connectivity index (χ2n) is 4.66. The molecule has 0 saturated heterocycles. The van der Waals surface area contributed by atoms with Crippen molar-refractivity contribution in [2.45, 2.75) is 19.6 Å². The van der Waals surface area contributed by atoms with Crippen LogP contribution in [0, 0.1) is 0 Å². The molecule has 1 aliphatic rings. The van der Waals surface area contributed by atoms with Gasteiger partial charge < -0.3 is 4.42 Å². The quantitative estimate of drug-likeness (QED) is 0.495. The Hall–Kier alpha value is -2.11. The van der Waals surface area contributed by atoms with E-state index in [1.165, 1.54) is 17.4 Å². The van der Waals surface area contributed by atoms with Crippen LogP contribution in [0.3, 0.4) is 0 Å². The van der Waals surface area contributed by atoms with Crippen molar-refractivity contribution in [1.29, 1.82) is 0 Å². The van der Waals surface area contributed by atoms with E-state index in [-0.39, 0.29) is 0 Å². The molecule has 1 aromatic carbocycles. The number of carbonyl (C=O) groups is 1. The number of hydrogen-bond acceptors (Lipinski definition) is 4. The Bertz CT molecular complexity index is 581. The molecule has 19 heavy (non-hydrogen) atoms. The van der Waals surface area contributed by atoms with Gasteiger partial charge >= 0.3 is 5.91 Å². The molecule has 5 nitrogen and oxygen atoms in total. The number of nitrogen functional groups attached to an aromatic ring is 1. The fraction of sp³-hybridized carbons (Fsp3) is 0.214. The second kappa shape index (κ2) is 4.87. The van der Waals surface area contributed by atoms with Gasteiger partial charge in [-0.2, -0.15) is 0 Å². The molecular weight excluding hydrogens is 242 g/mol. The molecule has 0 bridgehead atoms. The van der Waals surface area contributed by atoms with Gasteiger partial charge in [0.15, 0.2) is 5.76 Å². The topological polar surface area (TPSA) is 71.5 Å². The molecule has 0 unspecified atom stereocenters. The summed E-state index contributed by atoms with van der Waals surface area (Å²) >= 11 is 0. The number of furan rings is 1. The highest BCUT2D eigenvalue weighted by molar-refractivity contribution is 5.92. The van der Waals surface area contributed by atoms with Gasteiger partial charge in [0.25, 0.3) is 0 Å². The summed E-state index contributed by atoms with van der Waals surface area (Å²) in [5.74, 6) is 5.03. The Kier molecular flexibility index (Phi) is 3.06. The van der Waals surface area contributed by atoms with Crippen LogP contribution in [0.1, 0.15) is 27.2 Å². The summed E-state index contributed by atoms with van der Waals surface area (Å²) in [6.45, 7) is 2.46. The van der Waals surface area contributed by atoms with Crippen molar-refractivity contribution in [1.82, 2.24) is 10.3 Å². The molecule has 0 radical (unpaired) electrons. The fourth-order valence-corrected chi connectivity index (χ4v) is 2.48. The van der Waals surface area contributed by atoms with Gasteiger partial charge in [0.1, 0.15) is 0 Å². The van der Waals surface area contributed by atoms with Gasteiger partial charge in [0, 0.05) is 25.2 Å². The third-order valence-corrected chi connectivity index (χ3v) is 3.38. The molecule has 0 fully saturated rings. The molecule has 0 saturated carbocycles. The van der Waals surface area contributed by atoms with Crippen molar-refractivity contribution in [3.63, 3.8) is 0 Å². The van der Waals surface area contributed by atoms with Crippen molar-refractivity contribution in [3.8, 4) is 0 Å². The van der Waals surface area contributed by atoms with Crippen molar-refractivity contribution in [2.24, 2.45) is 5.84 Å². The number of fused-ring (bicyclic) bond motifs is 1. The number of nitrogens with one attached hydrogen (secondary N) is 1. The third-order valence-electron chi connectivity index (χ3n) is 3.38. The number of hydrazine groups is 1. The molecule has 0 aliphatic carbocycles. The first kappa shape index (κ1) is 12.0. The highest BCUT2D eigenvalue weighted by atomic mass is 16.3. The lowest BCUT2D eigenvalue weighted by Gasteiger charge is -2.14. The molecule has 1 aliphatic heterocycles. The zero-order chi connectivity index (χ0) is 13.2. The van der Waals surface area contributed by atoms with Gasteiger partial charge in [-0.05, 0) is 17.2 Å². The van der Waals surface area contributed by atoms with Crippen LogP contribution in [0.2, 0.25) is 0 Å². The minimum Gasteiger partial charge on any atom is -0.459 e. The summed E-state index contributed by atoms with van der Waals surface area (Å²) in [6, 6.07) is 10.2. The van der Waals surface area contributed by atoms with E-state index in [0.717, 1.165) is 18.7 Å². The number of carbonyl (C=O) groups excluding carboxylic acids is 1. The average molecular weight is 257 g/mol. The summed E-state index contributed by atoms with van der Waals surface area (Å²) < 4.78 is 5.19. The molecule has 0 atom stereocenters. The Morgan fingerprint density at radius 2 is 1.95 bits per heavy atom. The predicted molar refractivity (Wildman–Crippen MR) is 69.8 cm³/mol. The van der Waals surface area contributed by atoms with Crippen molar-refractivity contribution in [2.75, 3.05) is 0 Å². The maximum absolute atomic E-state index is 11.5. The smallest absolute Gasteiger partial charge is 0.301 e. The molecule has 3 rings (SSSR count). The number of amides is 1. The number of benzene rings is 1. The van der Waals surface area contributed by atoms with E-state index < -0.39 is 5.91 Å². The van der Waals surface area contributed by atoms with E-state index >= 15 is 0 Å². The number of hydrogen-bond donors (Lipinski definition) is 2. The molecule has 98 valence electrons. The lowest BCUT2D eigenvalue weighted by Crippen LogP contribution is -2.31. The Morgan fingerprint density at radius 1 is 1.26 bits per heavy atom. The minimum absolute atomic E-state index is 0.290. The van der Waals surface area contributed by atoms with E-state index in [1.54, 1.807) is 0 Å². The molecule has 1 amide bonds.